The van der Waals surface area contributed by atoms with E-state index in [-0.39, 0.29) is 5.56 Å². The largest absolute Gasteiger partial charge is 0.282 e. The monoisotopic (exact) mass is 393 g/mol. The summed E-state index contributed by atoms with van der Waals surface area (Å²) >= 11 is 12.0. The third-order valence-corrected chi connectivity index (χ3v) is 4.52. The lowest BCUT2D eigenvalue weighted by Gasteiger charge is -2.09. The summed E-state index contributed by atoms with van der Waals surface area (Å²) < 4.78 is 1.31. The van der Waals surface area contributed by atoms with Gasteiger partial charge in [-0.3, -0.25) is 4.79 Å². The smallest absolute Gasteiger partial charge is 0.267 e. The van der Waals surface area contributed by atoms with Crippen molar-refractivity contribution in [1.29, 1.82) is 0 Å². The molecule has 132 valence electrons. The lowest BCUT2D eigenvalue weighted by molar-refractivity contribution is 0.830. The second-order valence-electron chi connectivity index (χ2n) is 5.88. The first-order chi connectivity index (χ1) is 13.1. The fraction of sp³-hybridized carbons (Fsp3) is 0. The minimum absolute atomic E-state index is 0.263. The van der Waals surface area contributed by atoms with Crippen LogP contribution in [0, 0.1) is 0 Å². The van der Waals surface area contributed by atoms with Gasteiger partial charge >= 0.3 is 0 Å². The highest BCUT2D eigenvalue weighted by molar-refractivity contribution is 6.31. The van der Waals surface area contributed by atoms with Crippen molar-refractivity contribution in [3.8, 4) is 11.4 Å². The summed E-state index contributed by atoms with van der Waals surface area (Å²) in [6.07, 6.45) is 1.60. The van der Waals surface area contributed by atoms with Crippen LogP contribution in [0.2, 0.25) is 10.0 Å². The van der Waals surface area contributed by atoms with Gasteiger partial charge in [0, 0.05) is 15.6 Å². The first-order valence-corrected chi connectivity index (χ1v) is 8.95. The molecular formula is C21H13Cl2N3O. The summed E-state index contributed by atoms with van der Waals surface area (Å²) in [4.78, 5) is 17.7. The van der Waals surface area contributed by atoms with Crippen LogP contribution in [-0.4, -0.2) is 15.9 Å². The van der Waals surface area contributed by atoms with Crippen LogP contribution in [0.4, 0.5) is 0 Å². The molecule has 0 aliphatic carbocycles. The summed E-state index contributed by atoms with van der Waals surface area (Å²) in [5.41, 5.74) is 1.87. The molecule has 0 aliphatic heterocycles. The van der Waals surface area contributed by atoms with Crippen molar-refractivity contribution in [1.82, 2.24) is 9.66 Å². The molecule has 27 heavy (non-hydrogen) atoms. The van der Waals surface area contributed by atoms with Gasteiger partial charge in [0.05, 0.1) is 17.1 Å². The molecule has 4 aromatic rings. The van der Waals surface area contributed by atoms with Crippen molar-refractivity contribution >= 4 is 40.3 Å². The zero-order valence-corrected chi connectivity index (χ0v) is 15.5. The van der Waals surface area contributed by atoms with E-state index in [0.717, 1.165) is 11.1 Å². The van der Waals surface area contributed by atoms with E-state index in [2.05, 4.69) is 10.1 Å². The Morgan fingerprint density at radius 2 is 1.59 bits per heavy atom. The molecule has 0 radical (unpaired) electrons. The number of hydrogen-bond donors (Lipinski definition) is 0. The molecule has 4 nitrogen and oxygen atoms in total. The fourth-order valence-electron chi connectivity index (χ4n) is 2.70. The predicted molar refractivity (Wildman–Crippen MR) is 111 cm³/mol. The van der Waals surface area contributed by atoms with E-state index in [1.165, 1.54) is 4.68 Å². The molecule has 0 unspecified atom stereocenters. The molecule has 1 heterocycles. The molecule has 0 spiro atoms. The van der Waals surface area contributed by atoms with Crippen LogP contribution in [0.25, 0.3) is 22.3 Å². The van der Waals surface area contributed by atoms with Gasteiger partial charge in [-0.1, -0.05) is 65.7 Å². The highest BCUT2D eigenvalue weighted by Crippen LogP contribution is 2.21. The van der Waals surface area contributed by atoms with E-state index in [1.807, 2.05) is 42.5 Å². The number of aromatic nitrogens is 2. The second kappa shape index (κ2) is 7.35. The maximum absolute atomic E-state index is 13.1. The van der Waals surface area contributed by atoms with E-state index < -0.39 is 0 Å². The van der Waals surface area contributed by atoms with Crippen LogP contribution in [-0.2, 0) is 0 Å². The molecular weight excluding hydrogens is 381 g/mol. The molecule has 4 rings (SSSR count). The highest BCUT2D eigenvalue weighted by Gasteiger charge is 2.12. The number of nitrogens with zero attached hydrogens (tertiary/aromatic N) is 3. The SMILES string of the molecule is O=c1c2ccc(Cl)cc2nc(-c2ccccc2)n1/N=C/c1ccc(Cl)cc1. The fourth-order valence-corrected chi connectivity index (χ4v) is 3.00. The van der Waals surface area contributed by atoms with Crippen LogP contribution < -0.4 is 5.56 Å². The number of halogens is 2. The lowest BCUT2D eigenvalue weighted by atomic mass is 10.2. The van der Waals surface area contributed by atoms with E-state index in [4.69, 9.17) is 23.2 Å². The summed E-state index contributed by atoms with van der Waals surface area (Å²) in [5, 5.41) is 6.01. The zero-order valence-electron chi connectivity index (χ0n) is 14.0. The van der Waals surface area contributed by atoms with Gasteiger partial charge in [-0.15, -0.1) is 0 Å². The summed E-state index contributed by atoms with van der Waals surface area (Å²) in [6, 6.07) is 21.6. The minimum atomic E-state index is -0.263. The van der Waals surface area contributed by atoms with Crippen LogP contribution in [0.15, 0.2) is 82.7 Å². The molecule has 0 atom stereocenters. The van der Waals surface area contributed by atoms with Crippen LogP contribution >= 0.6 is 23.2 Å². The molecule has 3 aromatic carbocycles. The average molecular weight is 394 g/mol. The Labute approximate surface area is 165 Å². The number of hydrogen-bond acceptors (Lipinski definition) is 3. The summed E-state index contributed by atoms with van der Waals surface area (Å²) in [6.45, 7) is 0. The Morgan fingerprint density at radius 1 is 0.889 bits per heavy atom. The third kappa shape index (κ3) is 3.63. The molecule has 0 fully saturated rings. The number of fused-ring (bicyclic) bond motifs is 1. The van der Waals surface area contributed by atoms with Gasteiger partial charge < -0.3 is 0 Å². The molecule has 0 saturated heterocycles. The average Bonchev–Trinajstić information content (AvgIpc) is 2.69. The molecule has 0 aliphatic rings. The minimum Gasteiger partial charge on any atom is -0.267 e. The standard InChI is InChI=1S/C21H13Cl2N3O/c22-16-8-6-14(7-9-16)13-24-26-20(15-4-2-1-3-5-15)25-19-12-17(23)10-11-18(19)21(26)27/h1-13H/b24-13+. The van der Waals surface area contributed by atoms with Crippen molar-refractivity contribution in [2.45, 2.75) is 0 Å². The molecule has 0 amide bonds. The first-order valence-electron chi connectivity index (χ1n) is 8.19. The first kappa shape index (κ1) is 17.5. The van der Waals surface area contributed by atoms with Gasteiger partial charge in [-0.2, -0.15) is 9.78 Å². The van der Waals surface area contributed by atoms with Crippen molar-refractivity contribution in [2.24, 2.45) is 5.10 Å². The molecule has 0 saturated carbocycles. The van der Waals surface area contributed by atoms with Crippen molar-refractivity contribution < 1.29 is 0 Å². The maximum atomic E-state index is 13.1. The van der Waals surface area contributed by atoms with E-state index >= 15 is 0 Å². The van der Waals surface area contributed by atoms with Gasteiger partial charge in [-0.05, 0) is 35.9 Å². The van der Waals surface area contributed by atoms with Gasteiger partial charge in [-0.25, -0.2) is 4.98 Å². The summed E-state index contributed by atoms with van der Waals surface area (Å²) in [7, 11) is 0. The van der Waals surface area contributed by atoms with Crippen LogP contribution in [0.5, 0.6) is 0 Å². The van der Waals surface area contributed by atoms with Crippen LogP contribution in [0.3, 0.4) is 0 Å². The van der Waals surface area contributed by atoms with Gasteiger partial charge in [0.1, 0.15) is 0 Å². The highest BCUT2D eigenvalue weighted by atomic mass is 35.5. The van der Waals surface area contributed by atoms with E-state index in [1.54, 1.807) is 36.5 Å². The normalized spacial score (nSPS) is 11.3. The van der Waals surface area contributed by atoms with Gasteiger partial charge in [0.25, 0.3) is 5.56 Å². The Kier molecular flexibility index (Phi) is 4.75. The van der Waals surface area contributed by atoms with Crippen LogP contribution in [0.1, 0.15) is 5.56 Å². The maximum Gasteiger partial charge on any atom is 0.282 e. The molecule has 1 aromatic heterocycles. The summed E-state index contributed by atoms with van der Waals surface area (Å²) in [5.74, 6) is 0.445. The Balaban J connectivity index is 1.94. The van der Waals surface area contributed by atoms with E-state index in [9.17, 15) is 4.79 Å². The zero-order chi connectivity index (χ0) is 18.8. The Bertz CT molecular complexity index is 1200. The Morgan fingerprint density at radius 3 is 2.33 bits per heavy atom. The van der Waals surface area contributed by atoms with E-state index in [0.29, 0.717) is 26.8 Å². The molecule has 0 N–H and O–H groups in total. The number of rotatable bonds is 3. The van der Waals surface area contributed by atoms with Gasteiger partial charge in [0.2, 0.25) is 0 Å². The third-order valence-electron chi connectivity index (χ3n) is 4.03. The van der Waals surface area contributed by atoms with Crippen molar-refractivity contribution in [2.75, 3.05) is 0 Å². The topological polar surface area (TPSA) is 47.2 Å². The lowest BCUT2D eigenvalue weighted by Crippen LogP contribution is -2.20. The predicted octanol–water partition coefficient (Wildman–Crippen LogP) is 5.25. The molecule has 0 bridgehead atoms. The van der Waals surface area contributed by atoms with Crippen molar-refractivity contribution in [3.63, 3.8) is 0 Å². The second-order valence-corrected chi connectivity index (χ2v) is 6.75. The van der Waals surface area contributed by atoms with Gasteiger partial charge in [0.15, 0.2) is 5.82 Å². The molecule has 6 heteroatoms. The Hall–Kier alpha value is -2.95. The van der Waals surface area contributed by atoms with Crippen molar-refractivity contribution in [3.05, 3.63) is 98.8 Å². The number of benzene rings is 3. The quantitative estimate of drug-likeness (QED) is 0.446.